The van der Waals surface area contributed by atoms with Crippen molar-refractivity contribution in [1.82, 2.24) is 10.9 Å². The maximum Gasteiger partial charge on any atom is 0.273 e. The molecule has 1 aliphatic rings. The standard InChI is InChI=1S/C19H29N3O5/c1-26-15-10-6-9-13(17(15)27-2)18(24)21-22-19(25)16(23)14(20)11-12-7-4-3-5-8-12/h6,9-10,12,14,16,23H,3-5,7-8,11,20H2,1-2H3,(H,21,24)(H,22,25)/t14-,16?/m1/s1. The molecule has 0 saturated heterocycles. The fourth-order valence-electron chi connectivity index (χ4n) is 3.46. The molecule has 1 unspecified atom stereocenters. The zero-order valence-electron chi connectivity index (χ0n) is 15.9. The lowest BCUT2D eigenvalue weighted by Crippen LogP contribution is -2.52. The van der Waals surface area contributed by atoms with E-state index >= 15 is 0 Å². The van der Waals surface area contributed by atoms with Crippen LogP contribution in [0.4, 0.5) is 0 Å². The number of aliphatic hydroxyl groups excluding tert-OH is 1. The zero-order chi connectivity index (χ0) is 19.8. The first-order valence-electron chi connectivity index (χ1n) is 9.22. The Morgan fingerprint density at radius 3 is 2.52 bits per heavy atom. The summed E-state index contributed by atoms with van der Waals surface area (Å²) in [4.78, 5) is 24.5. The highest BCUT2D eigenvalue weighted by molar-refractivity contribution is 5.99. The van der Waals surface area contributed by atoms with E-state index in [0.29, 0.717) is 18.1 Å². The normalized spacial score (nSPS) is 16.9. The third kappa shape index (κ3) is 5.58. The molecule has 27 heavy (non-hydrogen) atoms. The number of rotatable bonds is 7. The highest BCUT2D eigenvalue weighted by Gasteiger charge is 2.27. The van der Waals surface area contributed by atoms with Crippen LogP contribution in [-0.2, 0) is 4.79 Å². The molecule has 0 spiro atoms. The molecule has 0 bridgehead atoms. The molecule has 2 amide bonds. The summed E-state index contributed by atoms with van der Waals surface area (Å²) >= 11 is 0. The molecule has 150 valence electrons. The van der Waals surface area contributed by atoms with E-state index in [0.717, 1.165) is 25.7 Å². The molecule has 0 radical (unpaired) electrons. The molecule has 0 aliphatic heterocycles. The molecule has 1 fully saturated rings. The minimum Gasteiger partial charge on any atom is -0.493 e. The summed E-state index contributed by atoms with van der Waals surface area (Å²) in [7, 11) is 2.88. The summed E-state index contributed by atoms with van der Waals surface area (Å²) in [5, 5.41) is 10.2. The van der Waals surface area contributed by atoms with Crippen LogP contribution >= 0.6 is 0 Å². The van der Waals surface area contributed by atoms with Crippen molar-refractivity contribution in [3.63, 3.8) is 0 Å². The number of methoxy groups -OCH3 is 2. The zero-order valence-corrected chi connectivity index (χ0v) is 15.9. The number of carbonyl (C=O) groups excluding carboxylic acids is 2. The molecular formula is C19H29N3O5. The number of carbonyl (C=O) groups is 2. The summed E-state index contributed by atoms with van der Waals surface area (Å²) in [6, 6.07) is 4.15. The fraction of sp³-hybridized carbons (Fsp3) is 0.579. The van der Waals surface area contributed by atoms with Crippen LogP contribution < -0.4 is 26.1 Å². The number of hydrogen-bond acceptors (Lipinski definition) is 6. The Bertz CT molecular complexity index is 646. The number of nitrogens with two attached hydrogens (primary N) is 1. The number of hydrazine groups is 1. The lowest BCUT2D eigenvalue weighted by atomic mass is 9.84. The van der Waals surface area contributed by atoms with Gasteiger partial charge >= 0.3 is 0 Å². The molecule has 2 rings (SSSR count). The predicted molar refractivity (Wildman–Crippen MR) is 100 cm³/mol. The second kappa shape index (κ2) is 10.1. The van der Waals surface area contributed by atoms with Crippen molar-refractivity contribution >= 4 is 11.8 Å². The van der Waals surface area contributed by atoms with E-state index in [-0.39, 0.29) is 11.3 Å². The molecule has 1 saturated carbocycles. The molecule has 2 atom stereocenters. The van der Waals surface area contributed by atoms with Gasteiger partial charge in [0.2, 0.25) is 0 Å². The third-order valence-corrected chi connectivity index (χ3v) is 4.95. The number of hydrogen-bond donors (Lipinski definition) is 4. The SMILES string of the molecule is COc1cccc(C(=O)NNC(=O)C(O)[C@H](N)CC2CCCCC2)c1OC. The summed E-state index contributed by atoms with van der Waals surface area (Å²) in [6.07, 6.45) is 4.92. The summed E-state index contributed by atoms with van der Waals surface area (Å²) in [5.74, 6) is -0.250. The molecule has 8 heteroatoms. The highest BCUT2D eigenvalue weighted by atomic mass is 16.5. The Labute approximate surface area is 159 Å². The van der Waals surface area contributed by atoms with Gasteiger partial charge in [-0.1, -0.05) is 38.2 Å². The summed E-state index contributed by atoms with van der Waals surface area (Å²) in [6.45, 7) is 0. The quantitative estimate of drug-likeness (QED) is 0.527. The van der Waals surface area contributed by atoms with Crippen LogP contribution in [0.5, 0.6) is 11.5 Å². The topological polar surface area (TPSA) is 123 Å². The van der Waals surface area contributed by atoms with Gasteiger partial charge in [0.25, 0.3) is 11.8 Å². The fourth-order valence-corrected chi connectivity index (χ4v) is 3.46. The van der Waals surface area contributed by atoms with Crippen molar-refractivity contribution in [2.75, 3.05) is 14.2 Å². The van der Waals surface area contributed by atoms with E-state index in [1.807, 2.05) is 0 Å². The van der Waals surface area contributed by atoms with Gasteiger partial charge in [-0.3, -0.25) is 20.4 Å². The van der Waals surface area contributed by atoms with Gasteiger partial charge in [-0.15, -0.1) is 0 Å². The predicted octanol–water partition coefficient (Wildman–Crippen LogP) is 1.12. The second-order valence-electron chi connectivity index (χ2n) is 6.83. The van der Waals surface area contributed by atoms with Gasteiger partial charge < -0.3 is 20.3 Å². The van der Waals surface area contributed by atoms with Gasteiger partial charge in [-0.25, -0.2) is 0 Å². The van der Waals surface area contributed by atoms with Crippen LogP contribution in [0.15, 0.2) is 18.2 Å². The monoisotopic (exact) mass is 379 g/mol. The number of benzene rings is 1. The largest absolute Gasteiger partial charge is 0.493 e. The number of nitrogens with one attached hydrogen (secondary N) is 2. The van der Waals surface area contributed by atoms with Crippen molar-refractivity contribution in [3.8, 4) is 11.5 Å². The van der Waals surface area contributed by atoms with E-state index in [9.17, 15) is 14.7 Å². The van der Waals surface area contributed by atoms with Crippen LogP contribution in [-0.4, -0.2) is 43.3 Å². The van der Waals surface area contributed by atoms with Crippen molar-refractivity contribution < 1.29 is 24.2 Å². The maximum absolute atomic E-state index is 12.3. The first kappa shape index (κ1) is 21.0. The van der Waals surface area contributed by atoms with Crippen LogP contribution in [0.3, 0.4) is 0 Å². The average molecular weight is 379 g/mol. The Balaban J connectivity index is 1.89. The first-order valence-corrected chi connectivity index (χ1v) is 9.22. The van der Waals surface area contributed by atoms with E-state index in [1.54, 1.807) is 12.1 Å². The van der Waals surface area contributed by atoms with Gasteiger partial charge in [0.05, 0.1) is 19.8 Å². The lowest BCUT2D eigenvalue weighted by Gasteiger charge is -2.26. The minimum atomic E-state index is -1.39. The van der Waals surface area contributed by atoms with E-state index in [1.165, 1.54) is 26.7 Å². The van der Waals surface area contributed by atoms with Gasteiger partial charge in [0.15, 0.2) is 11.5 Å². The molecule has 1 aromatic rings. The number of para-hydroxylation sites is 1. The van der Waals surface area contributed by atoms with Crippen LogP contribution in [0.2, 0.25) is 0 Å². The third-order valence-electron chi connectivity index (χ3n) is 4.95. The lowest BCUT2D eigenvalue weighted by molar-refractivity contribution is -0.131. The Kier molecular flexibility index (Phi) is 7.87. The molecule has 1 aromatic carbocycles. The van der Waals surface area contributed by atoms with Gasteiger partial charge in [-0.05, 0) is 24.5 Å². The van der Waals surface area contributed by atoms with Gasteiger partial charge in [0, 0.05) is 6.04 Å². The number of amides is 2. The van der Waals surface area contributed by atoms with Crippen molar-refractivity contribution in [3.05, 3.63) is 23.8 Å². The van der Waals surface area contributed by atoms with Crippen molar-refractivity contribution in [2.24, 2.45) is 11.7 Å². The van der Waals surface area contributed by atoms with E-state index in [4.69, 9.17) is 15.2 Å². The Morgan fingerprint density at radius 1 is 1.19 bits per heavy atom. The molecule has 0 heterocycles. The Hall–Kier alpha value is -2.32. The molecular weight excluding hydrogens is 350 g/mol. The summed E-state index contributed by atoms with van der Waals surface area (Å²) in [5.41, 5.74) is 10.7. The highest BCUT2D eigenvalue weighted by Crippen LogP contribution is 2.30. The van der Waals surface area contributed by atoms with Gasteiger partial charge in [0.1, 0.15) is 6.10 Å². The number of aliphatic hydroxyl groups is 1. The van der Waals surface area contributed by atoms with Crippen LogP contribution in [0.25, 0.3) is 0 Å². The molecule has 0 aromatic heterocycles. The van der Waals surface area contributed by atoms with Crippen LogP contribution in [0, 0.1) is 5.92 Å². The molecule has 8 nitrogen and oxygen atoms in total. The second-order valence-corrected chi connectivity index (χ2v) is 6.83. The smallest absolute Gasteiger partial charge is 0.273 e. The maximum atomic E-state index is 12.3. The van der Waals surface area contributed by atoms with Crippen molar-refractivity contribution in [2.45, 2.75) is 50.7 Å². The summed E-state index contributed by atoms with van der Waals surface area (Å²) < 4.78 is 10.3. The Morgan fingerprint density at radius 2 is 1.89 bits per heavy atom. The van der Waals surface area contributed by atoms with Gasteiger partial charge in [-0.2, -0.15) is 0 Å². The van der Waals surface area contributed by atoms with E-state index in [2.05, 4.69) is 10.9 Å². The van der Waals surface area contributed by atoms with E-state index < -0.39 is 24.0 Å². The van der Waals surface area contributed by atoms with Crippen molar-refractivity contribution in [1.29, 1.82) is 0 Å². The average Bonchev–Trinajstić information content (AvgIpc) is 2.70. The number of ether oxygens (including phenoxy) is 2. The minimum absolute atomic E-state index is 0.193. The molecule has 1 aliphatic carbocycles. The first-order chi connectivity index (χ1) is 13.0. The molecule has 5 N–H and O–H groups in total. The van der Waals surface area contributed by atoms with Crippen LogP contribution in [0.1, 0.15) is 48.9 Å².